The van der Waals surface area contributed by atoms with E-state index in [9.17, 15) is 8.42 Å². The molecule has 3 rings (SSSR count). The minimum atomic E-state index is -3.16. The number of fused-ring (bicyclic) bond motifs is 1. The Balaban J connectivity index is 2.12. The lowest BCUT2D eigenvalue weighted by atomic mass is 10.1. The van der Waals surface area contributed by atoms with E-state index in [4.69, 9.17) is 0 Å². The molecule has 0 unspecified atom stereocenters. The minimum Gasteiger partial charge on any atom is -0.277 e. The Morgan fingerprint density at radius 2 is 1.68 bits per heavy atom. The molecule has 0 spiro atoms. The number of nitrogens with one attached hydrogen (secondary N) is 1. The van der Waals surface area contributed by atoms with Gasteiger partial charge in [0, 0.05) is 17.2 Å². The lowest BCUT2D eigenvalue weighted by molar-refractivity contribution is 0.602. The van der Waals surface area contributed by atoms with Crippen molar-refractivity contribution in [2.24, 2.45) is 0 Å². The van der Waals surface area contributed by atoms with Crippen molar-refractivity contribution in [2.75, 3.05) is 6.26 Å². The van der Waals surface area contributed by atoms with Crippen LogP contribution in [-0.2, 0) is 9.84 Å². The predicted molar refractivity (Wildman–Crippen MR) is 74.6 cm³/mol. The van der Waals surface area contributed by atoms with Crippen molar-refractivity contribution in [3.63, 3.8) is 0 Å². The van der Waals surface area contributed by atoms with E-state index >= 15 is 0 Å². The van der Waals surface area contributed by atoms with Crippen LogP contribution in [0.25, 0.3) is 22.2 Å². The number of nitrogens with zero attached hydrogens (tertiary/aromatic N) is 1. The van der Waals surface area contributed by atoms with Gasteiger partial charge in [-0.1, -0.05) is 30.3 Å². The van der Waals surface area contributed by atoms with E-state index in [2.05, 4.69) is 10.2 Å². The Bertz CT molecular complexity index is 833. The van der Waals surface area contributed by atoms with E-state index in [1.807, 2.05) is 24.3 Å². The number of benzene rings is 2. The van der Waals surface area contributed by atoms with E-state index in [0.717, 1.165) is 22.2 Å². The Morgan fingerprint density at radius 1 is 1.00 bits per heavy atom. The van der Waals surface area contributed by atoms with Crippen LogP contribution in [0, 0.1) is 0 Å². The summed E-state index contributed by atoms with van der Waals surface area (Å²) in [5.41, 5.74) is 2.69. The van der Waals surface area contributed by atoms with E-state index < -0.39 is 9.84 Å². The van der Waals surface area contributed by atoms with Crippen molar-refractivity contribution in [1.29, 1.82) is 0 Å². The van der Waals surface area contributed by atoms with Gasteiger partial charge in [-0.05, 0) is 18.2 Å². The van der Waals surface area contributed by atoms with Gasteiger partial charge >= 0.3 is 0 Å². The summed E-state index contributed by atoms with van der Waals surface area (Å²) in [6, 6.07) is 14.6. The number of hydrogen-bond acceptors (Lipinski definition) is 3. The third-order valence-electron chi connectivity index (χ3n) is 3.03. The molecule has 1 aromatic heterocycles. The maximum Gasteiger partial charge on any atom is 0.175 e. The molecule has 0 aliphatic carbocycles. The fraction of sp³-hybridized carbons (Fsp3) is 0.0714. The molecule has 19 heavy (non-hydrogen) atoms. The topological polar surface area (TPSA) is 62.8 Å². The number of sulfone groups is 1. The third-order valence-corrected chi connectivity index (χ3v) is 4.15. The third kappa shape index (κ3) is 2.13. The van der Waals surface area contributed by atoms with Crippen molar-refractivity contribution in [1.82, 2.24) is 10.2 Å². The number of aromatic amines is 1. The summed E-state index contributed by atoms with van der Waals surface area (Å²) in [5, 5.41) is 8.27. The number of hydrogen-bond donors (Lipinski definition) is 1. The van der Waals surface area contributed by atoms with Gasteiger partial charge in [-0.15, -0.1) is 0 Å². The van der Waals surface area contributed by atoms with Crippen LogP contribution in [0.1, 0.15) is 0 Å². The van der Waals surface area contributed by atoms with Crippen LogP contribution in [0.4, 0.5) is 0 Å². The van der Waals surface area contributed by atoms with Gasteiger partial charge in [0.15, 0.2) is 9.84 Å². The lowest BCUT2D eigenvalue weighted by Gasteiger charge is -2.01. The molecule has 2 aromatic carbocycles. The molecule has 0 atom stereocenters. The maximum atomic E-state index is 11.4. The summed E-state index contributed by atoms with van der Waals surface area (Å²) in [6.45, 7) is 0. The van der Waals surface area contributed by atoms with Crippen LogP contribution in [-0.4, -0.2) is 24.9 Å². The highest BCUT2D eigenvalue weighted by Gasteiger charge is 2.10. The average Bonchev–Trinajstić information content (AvgIpc) is 2.82. The summed E-state index contributed by atoms with van der Waals surface area (Å²) in [7, 11) is -3.16. The summed E-state index contributed by atoms with van der Waals surface area (Å²) in [4.78, 5) is 0.316. The monoisotopic (exact) mass is 272 g/mol. The molecule has 0 amide bonds. The van der Waals surface area contributed by atoms with E-state index in [0.29, 0.717) is 4.90 Å². The minimum absolute atomic E-state index is 0.316. The fourth-order valence-corrected chi connectivity index (χ4v) is 2.67. The molecule has 0 bridgehead atoms. The van der Waals surface area contributed by atoms with Crippen molar-refractivity contribution >= 4 is 20.7 Å². The zero-order chi connectivity index (χ0) is 13.5. The summed E-state index contributed by atoms with van der Waals surface area (Å²) < 4.78 is 22.8. The zero-order valence-corrected chi connectivity index (χ0v) is 11.1. The molecule has 1 N–H and O–H groups in total. The first-order valence-electron chi connectivity index (χ1n) is 5.79. The van der Waals surface area contributed by atoms with Gasteiger partial charge in [0.05, 0.1) is 16.1 Å². The second-order valence-corrected chi connectivity index (χ2v) is 6.43. The SMILES string of the molecule is CS(=O)(=O)c1ccc(-c2n[nH]c3ccccc23)cc1. The molecule has 0 saturated heterocycles. The quantitative estimate of drug-likeness (QED) is 0.780. The van der Waals surface area contributed by atoms with Gasteiger partial charge in [0.25, 0.3) is 0 Å². The number of aromatic nitrogens is 2. The highest BCUT2D eigenvalue weighted by molar-refractivity contribution is 7.90. The first-order valence-corrected chi connectivity index (χ1v) is 7.68. The number of rotatable bonds is 2. The normalized spacial score (nSPS) is 11.8. The highest BCUT2D eigenvalue weighted by Crippen LogP contribution is 2.26. The summed E-state index contributed by atoms with van der Waals surface area (Å²) in [6.07, 6.45) is 1.20. The second kappa shape index (κ2) is 4.20. The van der Waals surface area contributed by atoms with E-state index in [1.54, 1.807) is 24.3 Å². The first kappa shape index (κ1) is 11.9. The lowest BCUT2D eigenvalue weighted by Crippen LogP contribution is -1.96. The smallest absolute Gasteiger partial charge is 0.175 e. The Morgan fingerprint density at radius 3 is 2.37 bits per heavy atom. The van der Waals surface area contributed by atoms with Crippen LogP contribution < -0.4 is 0 Å². The van der Waals surface area contributed by atoms with Crippen LogP contribution >= 0.6 is 0 Å². The van der Waals surface area contributed by atoms with Crippen molar-refractivity contribution in [3.8, 4) is 11.3 Å². The van der Waals surface area contributed by atoms with Crippen LogP contribution in [0.2, 0.25) is 0 Å². The van der Waals surface area contributed by atoms with Crippen LogP contribution in [0.3, 0.4) is 0 Å². The molecular formula is C14H12N2O2S. The maximum absolute atomic E-state index is 11.4. The summed E-state index contributed by atoms with van der Waals surface area (Å²) >= 11 is 0. The Labute approximate surface area is 111 Å². The van der Waals surface area contributed by atoms with Crippen LogP contribution in [0.15, 0.2) is 53.4 Å². The largest absolute Gasteiger partial charge is 0.277 e. The molecule has 0 fully saturated rings. The van der Waals surface area contributed by atoms with E-state index in [-0.39, 0.29) is 0 Å². The second-order valence-electron chi connectivity index (χ2n) is 4.41. The highest BCUT2D eigenvalue weighted by atomic mass is 32.2. The standard InChI is InChI=1S/C14H12N2O2S/c1-19(17,18)11-8-6-10(7-9-11)14-12-4-2-3-5-13(12)15-16-14/h2-9H,1H3,(H,15,16). The molecule has 96 valence electrons. The zero-order valence-electron chi connectivity index (χ0n) is 10.3. The molecular weight excluding hydrogens is 260 g/mol. The van der Waals surface area contributed by atoms with Crippen LogP contribution in [0.5, 0.6) is 0 Å². The summed E-state index contributed by atoms with van der Waals surface area (Å²) in [5.74, 6) is 0. The van der Waals surface area contributed by atoms with Gasteiger partial charge < -0.3 is 0 Å². The molecule has 1 heterocycles. The van der Waals surface area contributed by atoms with Gasteiger partial charge in [0.1, 0.15) is 0 Å². The molecule has 0 aliphatic heterocycles. The Kier molecular flexibility index (Phi) is 2.64. The molecule has 5 heteroatoms. The van der Waals surface area contributed by atoms with Gasteiger partial charge in [-0.25, -0.2) is 8.42 Å². The molecule has 4 nitrogen and oxygen atoms in total. The van der Waals surface area contributed by atoms with Crippen molar-refractivity contribution in [2.45, 2.75) is 4.90 Å². The fourth-order valence-electron chi connectivity index (χ4n) is 2.04. The van der Waals surface area contributed by atoms with Gasteiger partial charge in [-0.2, -0.15) is 5.10 Å². The molecule has 3 aromatic rings. The van der Waals surface area contributed by atoms with E-state index in [1.165, 1.54) is 6.26 Å². The first-order chi connectivity index (χ1) is 9.05. The number of para-hydroxylation sites is 1. The van der Waals surface area contributed by atoms with Crippen molar-refractivity contribution < 1.29 is 8.42 Å². The molecule has 0 radical (unpaired) electrons. The Hall–Kier alpha value is -2.14. The van der Waals surface area contributed by atoms with Gasteiger partial charge in [-0.3, -0.25) is 5.10 Å². The predicted octanol–water partition coefficient (Wildman–Crippen LogP) is 2.63. The average molecular weight is 272 g/mol. The molecule has 0 saturated carbocycles. The molecule has 0 aliphatic rings. The van der Waals surface area contributed by atoms with Crippen molar-refractivity contribution in [3.05, 3.63) is 48.5 Å². The number of H-pyrrole nitrogens is 1. The van der Waals surface area contributed by atoms with Gasteiger partial charge in [0.2, 0.25) is 0 Å².